The van der Waals surface area contributed by atoms with Crippen LogP contribution >= 0.6 is 46.3 Å². The standard InChI is InChI=1S/C22H15Cl2N3O4S2/c1-31-19-5-3-16(27(29)30)7-13(19)11-32-22-26-18-4-2-15(9-20(18)33-22)25-10-12-6-14(23)8-17(24)21(12)28/h2-10,28H,11H2,1H3. The highest BCUT2D eigenvalue weighted by atomic mass is 35.5. The van der Waals surface area contributed by atoms with Crippen molar-refractivity contribution in [3.05, 3.63) is 79.8 Å². The molecule has 4 aromatic rings. The zero-order chi connectivity index (χ0) is 23.5. The van der Waals surface area contributed by atoms with Crippen LogP contribution in [0.2, 0.25) is 10.0 Å². The lowest BCUT2D eigenvalue weighted by Gasteiger charge is -2.06. The monoisotopic (exact) mass is 519 g/mol. The molecule has 0 unspecified atom stereocenters. The van der Waals surface area contributed by atoms with E-state index in [1.165, 1.54) is 54.6 Å². The van der Waals surface area contributed by atoms with Crippen LogP contribution in [0.5, 0.6) is 11.5 Å². The van der Waals surface area contributed by atoms with Crippen molar-refractivity contribution >= 4 is 74.1 Å². The average molecular weight is 520 g/mol. The maximum atomic E-state index is 11.1. The molecule has 0 spiro atoms. The molecule has 0 saturated carbocycles. The summed E-state index contributed by atoms with van der Waals surface area (Å²) in [6, 6.07) is 13.1. The lowest BCUT2D eigenvalue weighted by Crippen LogP contribution is -1.94. The minimum Gasteiger partial charge on any atom is -0.506 e. The Labute approximate surface area is 206 Å². The number of methoxy groups -OCH3 is 1. The third-order valence-corrected chi connectivity index (χ3v) is 7.30. The van der Waals surface area contributed by atoms with E-state index in [2.05, 4.69) is 9.98 Å². The number of thioether (sulfide) groups is 1. The Hall–Kier alpha value is -2.85. The number of aromatic hydroxyl groups is 1. The third kappa shape index (κ3) is 5.39. The molecule has 0 saturated heterocycles. The summed E-state index contributed by atoms with van der Waals surface area (Å²) in [4.78, 5) is 19.7. The Morgan fingerprint density at radius 3 is 2.82 bits per heavy atom. The SMILES string of the molecule is COc1ccc([N+](=O)[O-])cc1CSc1nc2ccc(N=Cc3cc(Cl)cc(Cl)c3O)cc2s1. The van der Waals surface area contributed by atoms with Crippen LogP contribution in [0.3, 0.4) is 0 Å². The van der Waals surface area contributed by atoms with Gasteiger partial charge in [0.2, 0.25) is 0 Å². The van der Waals surface area contributed by atoms with Gasteiger partial charge in [0.1, 0.15) is 11.5 Å². The number of phenolic OH excluding ortho intramolecular Hbond substituents is 1. The third-order valence-electron chi connectivity index (χ3n) is 4.59. The topological polar surface area (TPSA) is 97.9 Å². The van der Waals surface area contributed by atoms with Crippen molar-refractivity contribution in [1.29, 1.82) is 0 Å². The van der Waals surface area contributed by atoms with Crippen molar-refractivity contribution < 1.29 is 14.8 Å². The zero-order valence-electron chi connectivity index (χ0n) is 17.0. The number of non-ortho nitro benzene ring substituents is 1. The van der Waals surface area contributed by atoms with E-state index in [9.17, 15) is 15.2 Å². The first-order valence-electron chi connectivity index (χ1n) is 9.41. The Morgan fingerprint density at radius 1 is 1.24 bits per heavy atom. The van der Waals surface area contributed by atoms with Gasteiger partial charge in [-0.05, 0) is 36.4 Å². The molecule has 0 aliphatic rings. The normalized spacial score (nSPS) is 11.4. The molecule has 0 amide bonds. The van der Waals surface area contributed by atoms with E-state index in [-0.39, 0.29) is 16.5 Å². The predicted molar refractivity (Wildman–Crippen MR) is 134 cm³/mol. The van der Waals surface area contributed by atoms with Crippen LogP contribution in [-0.4, -0.2) is 28.3 Å². The number of aliphatic imine (C=N–C) groups is 1. The minimum absolute atomic E-state index is 0.0187. The number of nitro groups is 1. The molecule has 0 aliphatic carbocycles. The number of rotatable bonds is 7. The van der Waals surface area contributed by atoms with Gasteiger partial charge in [0.15, 0.2) is 4.34 Å². The summed E-state index contributed by atoms with van der Waals surface area (Å²) in [6.07, 6.45) is 1.50. The Morgan fingerprint density at radius 2 is 2.06 bits per heavy atom. The van der Waals surface area contributed by atoms with Crippen LogP contribution in [0.15, 0.2) is 57.9 Å². The first kappa shape index (κ1) is 23.3. The number of ether oxygens (including phenoxy) is 1. The van der Waals surface area contributed by atoms with Gasteiger partial charge in [0.25, 0.3) is 5.69 Å². The summed E-state index contributed by atoms with van der Waals surface area (Å²) in [5.41, 5.74) is 2.66. The molecular formula is C22H15Cl2N3O4S2. The van der Waals surface area contributed by atoms with Crippen LogP contribution in [0, 0.1) is 10.1 Å². The van der Waals surface area contributed by atoms with Crippen LogP contribution in [0.25, 0.3) is 10.2 Å². The number of benzene rings is 3. The Balaban J connectivity index is 1.53. The first-order valence-corrected chi connectivity index (χ1v) is 12.0. The Bertz CT molecular complexity index is 1390. The van der Waals surface area contributed by atoms with Gasteiger partial charge in [-0.1, -0.05) is 35.0 Å². The first-order chi connectivity index (χ1) is 15.8. The molecule has 0 aliphatic heterocycles. The number of hydrogen-bond donors (Lipinski definition) is 1. The van der Waals surface area contributed by atoms with E-state index in [0.717, 1.165) is 20.1 Å². The van der Waals surface area contributed by atoms with Gasteiger partial charge in [0.05, 0.1) is 33.0 Å². The van der Waals surface area contributed by atoms with Crippen molar-refractivity contribution in [2.24, 2.45) is 4.99 Å². The number of phenols is 1. The van der Waals surface area contributed by atoms with E-state index in [4.69, 9.17) is 27.9 Å². The van der Waals surface area contributed by atoms with E-state index >= 15 is 0 Å². The fraction of sp³-hybridized carbons (Fsp3) is 0.0909. The van der Waals surface area contributed by atoms with Gasteiger partial charge in [-0.15, -0.1) is 11.3 Å². The maximum absolute atomic E-state index is 11.1. The second kappa shape index (κ2) is 9.96. The van der Waals surface area contributed by atoms with Crippen LogP contribution in [0.4, 0.5) is 11.4 Å². The van der Waals surface area contributed by atoms with Gasteiger partial charge < -0.3 is 9.84 Å². The highest BCUT2D eigenvalue weighted by molar-refractivity contribution is 8.00. The van der Waals surface area contributed by atoms with Crippen LogP contribution < -0.4 is 4.74 Å². The van der Waals surface area contributed by atoms with E-state index < -0.39 is 4.92 Å². The number of hydrogen-bond acceptors (Lipinski definition) is 8. The summed E-state index contributed by atoms with van der Waals surface area (Å²) in [5.74, 6) is 0.985. The van der Waals surface area contributed by atoms with E-state index in [0.29, 0.717) is 27.8 Å². The molecule has 11 heteroatoms. The maximum Gasteiger partial charge on any atom is 0.270 e. The molecule has 33 heavy (non-hydrogen) atoms. The number of thiazole rings is 1. The number of nitrogens with zero attached hydrogens (tertiary/aromatic N) is 3. The summed E-state index contributed by atoms with van der Waals surface area (Å²) in [7, 11) is 1.53. The fourth-order valence-corrected chi connectivity index (χ4v) is 5.58. The molecule has 0 bridgehead atoms. The predicted octanol–water partition coefficient (Wildman–Crippen LogP) is 7.27. The highest BCUT2D eigenvalue weighted by Gasteiger charge is 2.13. The molecule has 4 rings (SSSR count). The molecule has 1 N–H and O–H groups in total. The lowest BCUT2D eigenvalue weighted by molar-refractivity contribution is -0.384. The molecule has 1 aromatic heterocycles. The molecular weight excluding hydrogens is 505 g/mol. The van der Waals surface area contributed by atoms with Gasteiger partial charge in [-0.25, -0.2) is 4.98 Å². The van der Waals surface area contributed by atoms with E-state index in [1.54, 1.807) is 12.1 Å². The number of fused-ring (bicyclic) bond motifs is 1. The van der Waals surface area contributed by atoms with Gasteiger partial charge in [-0.3, -0.25) is 15.1 Å². The molecule has 7 nitrogen and oxygen atoms in total. The summed E-state index contributed by atoms with van der Waals surface area (Å²) in [6.45, 7) is 0. The van der Waals surface area contributed by atoms with Gasteiger partial charge >= 0.3 is 0 Å². The number of nitro benzene ring substituents is 1. The largest absolute Gasteiger partial charge is 0.506 e. The van der Waals surface area contributed by atoms with Crippen LogP contribution in [0.1, 0.15) is 11.1 Å². The van der Waals surface area contributed by atoms with E-state index in [1.807, 2.05) is 18.2 Å². The van der Waals surface area contributed by atoms with Crippen molar-refractivity contribution in [3.63, 3.8) is 0 Å². The minimum atomic E-state index is -0.426. The highest BCUT2D eigenvalue weighted by Crippen LogP contribution is 2.36. The molecule has 0 atom stereocenters. The second-order valence-electron chi connectivity index (χ2n) is 6.76. The Kier molecular flexibility index (Phi) is 7.04. The summed E-state index contributed by atoms with van der Waals surface area (Å²) < 4.78 is 7.08. The second-order valence-corrected chi connectivity index (χ2v) is 9.85. The van der Waals surface area contributed by atoms with Crippen molar-refractivity contribution in [2.45, 2.75) is 10.1 Å². The summed E-state index contributed by atoms with van der Waals surface area (Å²) >= 11 is 14.9. The lowest BCUT2D eigenvalue weighted by atomic mass is 10.2. The number of aromatic nitrogens is 1. The van der Waals surface area contributed by atoms with Gasteiger partial charge in [0, 0.05) is 40.2 Å². The zero-order valence-corrected chi connectivity index (χ0v) is 20.1. The number of halogens is 2. The van der Waals surface area contributed by atoms with Crippen LogP contribution in [-0.2, 0) is 5.75 Å². The summed E-state index contributed by atoms with van der Waals surface area (Å²) in [5, 5.41) is 21.7. The molecule has 3 aromatic carbocycles. The molecule has 0 fully saturated rings. The molecule has 0 radical (unpaired) electrons. The van der Waals surface area contributed by atoms with Crippen molar-refractivity contribution in [3.8, 4) is 11.5 Å². The fourth-order valence-electron chi connectivity index (χ4n) is 2.99. The average Bonchev–Trinajstić information content (AvgIpc) is 3.21. The smallest absolute Gasteiger partial charge is 0.270 e. The van der Waals surface area contributed by atoms with Gasteiger partial charge in [-0.2, -0.15) is 0 Å². The van der Waals surface area contributed by atoms with Crippen molar-refractivity contribution in [2.75, 3.05) is 7.11 Å². The van der Waals surface area contributed by atoms with Crippen molar-refractivity contribution in [1.82, 2.24) is 4.98 Å². The molecule has 1 heterocycles. The molecule has 168 valence electrons. The quantitative estimate of drug-likeness (QED) is 0.119.